The summed E-state index contributed by atoms with van der Waals surface area (Å²) >= 11 is 0. The smallest absolute Gasteiger partial charge is 0.255 e. The summed E-state index contributed by atoms with van der Waals surface area (Å²) in [6.07, 6.45) is -2.14. The topological polar surface area (TPSA) is 29.1 Å². The number of nitrogens with one attached hydrogen (secondary N) is 1. The standard InChI is InChI=1S/C7H13F2NO.ClH/c1-5(2)3-7(11)10-4-6(8)9;/h5-6H,3-4H2,1-2H3,(H,10,11);1H. The zero-order valence-electron chi connectivity index (χ0n) is 7.14. The van der Waals surface area contributed by atoms with E-state index >= 15 is 0 Å². The molecule has 0 atom stereocenters. The lowest BCUT2D eigenvalue weighted by Gasteiger charge is -2.05. The monoisotopic (exact) mass is 201 g/mol. The summed E-state index contributed by atoms with van der Waals surface area (Å²) in [5, 5.41) is 2.12. The summed E-state index contributed by atoms with van der Waals surface area (Å²) in [5.74, 6) is -0.0898. The Hall–Kier alpha value is -0.380. The summed E-state index contributed by atoms with van der Waals surface area (Å²) in [7, 11) is 0. The zero-order valence-corrected chi connectivity index (χ0v) is 7.96. The van der Waals surface area contributed by atoms with E-state index in [-0.39, 0.29) is 24.2 Å². The molecule has 0 aliphatic carbocycles. The largest absolute Gasteiger partial charge is 0.350 e. The maximum absolute atomic E-state index is 11.5. The van der Waals surface area contributed by atoms with E-state index in [9.17, 15) is 13.6 Å². The zero-order chi connectivity index (χ0) is 8.85. The number of hydrogen-bond donors (Lipinski definition) is 1. The van der Waals surface area contributed by atoms with E-state index in [0.717, 1.165) is 0 Å². The maximum atomic E-state index is 11.5. The fourth-order valence-electron chi connectivity index (χ4n) is 0.634. The van der Waals surface area contributed by atoms with E-state index in [0.29, 0.717) is 6.42 Å². The Morgan fingerprint density at radius 3 is 2.25 bits per heavy atom. The van der Waals surface area contributed by atoms with Crippen LogP contribution in [-0.4, -0.2) is 18.9 Å². The van der Waals surface area contributed by atoms with Crippen molar-refractivity contribution < 1.29 is 13.6 Å². The average molecular weight is 202 g/mol. The summed E-state index contributed by atoms with van der Waals surface area (Å²) in [5.41, 5.74) is 0. The van der Waals surface area contributed by atoms with Crippen molar-refractivity contribution in [2.24, 2.45) is 5.92 Å². The van der Waals surface area contributed by atoms with Gasteiger partial charge in [-0.1, -0.05) is 13.8 Å². The Morgan fingerprint density at radius 2 is 1.92 bits per heavy atom. The van der Waals surface area contributed by atoms with Crippen LogP contribution in [0.15, 0.2) is 0 Å². The number of alkyl halides is 2. The van der Waals surface area contributed by atoms with Gasteiger partial charge < -0.3 is 5.32 Å². The van der Waals surface area contributed by atoms with Gasteiger partial charge in [0.05, 0.1) is 6.54 Å². The van der Waals surface area contributed by atoms with Crippen molar-refractivity contribution in [3.8, 4) is 0 Å². The van der Waals surface area contributed by atoms with Crippen LogP contribution < -0.4 is 5.32 Å². The summed E-state index contributed by atoms with van der Waals surface area (Å²) in [6.45, 7) is 3.19. The molecule has 12 heavy (non-hydrogen) atoms. The Bertz CT molecular complexity index is 131. The lowest BCUT2D eigenvalue weighted by atomic mass is 10.1. The van der Waals surface area contributed by atoms with E-state index in [1.807, 2.05) is 13.8 Å². The molecule has 0 aromatic carbocycles. The molecule has 0 saturated heterocycles. The van der Waals surface area contributed by atoms with Crippen LogP contribution in [0.2, 0.25) is 0 Å². The van der Waals surface area contributed by atoms with Gasteiger partial charge in [-0.05, 0) is 5.92 Å². The fraction of sp³-hybridized carbons (Fsp3) is 0.857. The lowest BCUT2D eigenvalue weighted by Crippen LogP contribution is -2.29. The highest BCUT2D eigenvalue weighted by Crippen LogP contribution is 1.98. The van der Waals surface area contributed by atoms with E-state index in [4.69, 9.17) is 0 Å². The molecule has 1 N–H and O–H groups in total. The van der Waals surface area contributed by atoms with Crippen LogP contribution >= 0.6 is 12.4 Å². The highest BCUT2D eigenvalue weighted by atomic mass is 35.5. The molecule has 0 aliphatic heterocycles. The van der Waals surface area contributed by atoms with Crippen molar-refractivity contribution in [1.29, 1.82) is 0 Å². The van der Waals surface area contributed by atoms with Gasteiger partial charge in [-0.25, -0.2) is 8.78 Å². The van der Waals surface area contributed by atoms with E-state index in [1.165, 1.54) is 0 Å². The van der Waals surface area contributed by atoms with Gasteiger partial charge in [0.25, 0.3) is 6.43 Å². The molecular weight excluding hydrogens is 188 g/mol. The maximum Gasteiger partial charge on any atom is 0.255 e. The fourth-order valence-corrected chi connectivity index (χ4v) is 0.634. The van der Waals surface area contributed by atoms with Crippen LogP contribution in [0.25, 0.3) is 0 Å². The minimum atomic E-state index is -2.45. The van der Waals surface area contributed by atoms with Gasteiger partial charge in [-0.15, -0.1) is 12.4 Å². The number of halogens is 3. The molecule has 74 valence electrons. The number of hydrogen-bond acceptors (Lipinski definition) is 1. The Kier molecular flexibility index (Phi) is 8.59. The SMILES string of the molecule is CC(C)CC(=O)NCC(F)F.Cl. The molecule has 0 heterocycles. The predicted molar refractivity (Wildman–Crippen MR) is 45.7 cm³/mol. The third kappa shape index (κ3) is 9.62. The van der Waals surface area contributed by atoms with Gasteiger partial charge in [-0.2, -0.15) is 0 Å². The second-order valence-electron chi connectivity index (χ2n) is 2.79. The Labute approximate surface area is 77.1 Å². The molecule has 0 radical (unpaired) electrons. The van der Waals surface area contributed by atoms with E-state index in [2.05, 4.69) is 5.32 Å². The molecule has 0 rings (SSSR count). The van der Waals surface area contributed by atoms with Crippen molar-refractivity contribution in [3.63, 3.8) is 0 Å². The lowest BCUT2D eigenvalue weighted by molar-refractivity contribution is -0.122. The number of carbonyl (C=O) groups excluding carboxylic acids is 1. The van der Waals surface area contributed by atoms with Crippen molar-refractivity contribution in [1.82, 2.24) is 5.32 Å². The summed E-state index contributed by atoms with van der Waals surface area (Å²) in [6, 6.07) is 0. The van der Waals surface area contributed by atoms with Gasteiger partial charge in [0, 0.05) is 6.42 Å². The van der Waals surface area contributed by atoms with Crippen LogP contribution in [-0.2, 0) is 4.79 Å². The first kappa shape index (κ1) is 14.2. The second-order valence-corrected chi connectivity index (χ2v) is 2.79. The van der Waals surface area contributed by atoms with Crippen LogP contribution in [0, 0.1) is 5.92 Å². The van der Waals surface area contributed by atoms with Crippen LogP contribution in [0.3, 0.4) is 0 Å². The van der Waals surface area contributed by atoms with Gasteiger partial charge >= 0.3 is 0 Å². The van der Waals surface area contributed by atoms with Gasteiger partial charge in [-0.3, -0.25) is 4.79 Å². The first-order valence-corrected chi connectivity index (χ1v) is 3.57. The van der Waals surface area contributed by atoms with Crippen LogP contribution in [0.1, 0.15) is 20.3 Å². The van der Waals surface area contributed by atoms with Crippen LogP contribution in [0.5, 0.6) is 0 Å². The number of carbonyl (C=O) groups is 1. The first-order chi connectivity index (χ1) is 5.02. The molecule has 0 fully saturated rings. The predicted octanol–water partition coefficient (Wildman–Crippen LogP) is 1.84. The molecule has 0 aliphatic rings. The van der Waals surface area contributed by atoms with E-state index in [1.54, 1.807) is 0 Å². The third-order valence-electron chi connectivity index (χ3n) is 1.05. The van der Waals surface area contributed by atoms with Crippen molar-refractivity contribution >= 4 is 18.3 Å². The van der Waals surface area contributed by atoms with Gasteiger partial charge in [0.2, 0.25) is 5.91 Å². The minimum Gasteiger partial charge on any atom is -0.350 e. The molecule has 0 aromatic rings. The van der Waals surface area contributed by atoms with Gasteiger partial charge in [0.1, 0.15) is 0 Å². The van der Waals surface area contributed by atoms with Crippen LogP contribution in [0.4, 0.5) is 8.78 Å². The highest BCUT2D eigenvalue weighted by molar-refractivity contribution is 5.85. The molecule has 2 nitrogen and oxygen atoms in total. The molecular formula is C7H14ClF2NO. The second kappa shape index (κ2) is 7.28. The molecule has 0 aromatic heterocycles. The average Bonchev–Trinajstić information content (AvgIpc) is 1.82. The molecule has 5 heteroatoms. The quantitative estimate of drug-likeness (QED) is 0.739. The molecule has 0 saturated carbocycles. The third-order valence-corrected chi connectivity index (χ3v) is 1.05. The normalized spacial score (nSPS) is 9.83. The summed E-state index contributed by atoms with van der Waals surface area (Å²) < 4.78 is 23.0. The molecule has 0 spiro atoms. The van der Waals surface area contributed by atoms with E-state index < -0.39 is 13.0 Å². The summed E-state index contributed by atoms with van der Waals surface area (Å²) in [4.78, 5) is 10.7. The number of amides is 1. The van der Waals surface area contributed by atoms with Crippen molar-refractivity contribution in [2.45, 2.75) is 26.7 Å². The minimum absolute atomic E-state index is 0. The Balaban J connectivity index is 0. The molecule has 1 amide bonds. The highest BCUT2D eigenvalue weighted by Gasteiger charge is 2.07. The van der Waals surface area contributed by atoms with Gasteiger partial charge in [0.15, 0.2) is 0 Å². The molecule has 0 bridgehead atoms. The van der Waals surface area contributed by atoms with Crippen molar-refractivity contribution in [3.05, 3.63) is 0 Å². The molecule has 0 unspecified atom stereocenters. The van der Waals surface area contributed by atoms with Crippen molar-refractivity contribution in [2.75, 3.05) is 6.54 Å². The Morgan fingerprint density at radius 1 is 1.42 bits per heavy atom. The first-order valence-electron chi connectivity index (χ1n) is 3.57. The number of rotatable bonds is 4.